The number of aromatic nitrogens is 3. The monoisotopic (exact) mass is 263 g/mol. The van der Waals surface area contributed by atoms with E-state index in [0.29, 0.717) is 17.3 Å². The lowest BCUT2D eigenvalue weighted by molar-refractivity contribution is 0.621. The number of nitrogens with two attached hydrogens (primary N) is 1. The first kappa shape index (κ1) is 11.4. The number of hydrazine groups is 1. The van der Waals surface area contributed by atoms with E-state index in [4.69, 9.17) is 5.84 Å². The Bertz CT molecular complexity index is 587. The van der Waals surface area contributed by atoms with Gasteiger partial charge < -0.3 is 5.43 Å². The molecule has 0 aromatic carbocycles. The van der Waals surface area contributed by atoms with Gasteiger partial charge in [0.25, 0.3) is 0 Å². The van der Waals surface area contributed by atoms with Crippen LogP contribution in [0.1, 0.15) is 11.3 Å². The Morgan fingerprint density at radius 2 is 2.17 bits per heavy atom. The number of nitrogen functional groups attached to an aromatic ring is 1. The normalized spacial score (nSPS) is 13.4. The zero-order chi connectivity index (χ0) is 12.5. The molecule has 1 aliphatic heterocycles. The minimum absolute atomic E-state index is 0.382. The molecule has 0 fully saturated rings. The molecule has 0 aliphatic carbocycles. The Kier molecular flexibility index (Phi) is 2.85. The van der Waals surface area contributed by atoms with Crippen LogP contribution in [0.2, 0.25) is 0 Å². The Balaban J connectivity index is 2.10. The second-order valence-corrected chi connectivity index (χ2v) is 4.81. The lowest BCUT2D eigenvalue weighted by Crippen LogP contribution is -2.13. The molecule has 0 radical (unpaired) electrons. The molecule has 0 atom stereocenters. The van der Waals surface area contributed by atoms with E-state index in [1.54, 1.807) is 17.8 Å². The van der Waals surface area contributed by atoms with Crippen molar-refractivity contribution in [3.63, 3.8) is 0 Å². The molecule has 18 heavy (non-hydrogen) atoms. The highest BCUT2D eigenvalue weighted by Crippen LogP contribution is 2.33. The molecule has 0 unspecified atom stereocenters. The Hall–Kier alpha value is -1.73. The van der Waals surface area contributed by atoms with Crippen molar-refractivity contribution in [3.05, 3.63) is 35.4 Å². The largest absolute Gasteiger partial charge is 0.308 e. The molecule has 5 nitrogen and oxygen atoms in total. The van der Waals surface area contributed by atoms with Crippen molar-refractivity contribution in [1.82, 2.24) is 15.0 Å². The summed E-state index contributed by atoms with van der Waals surface area (Å²) in [6.07, 6.45) is 1.15. The maximum absolute atomic E-state index is 12.8. The number of hydrogen-bond acceptors (Lipinski definition) is 6. The molecule has 3 heterocycles. The Morgan fingerprint density at radius 3 is 2.89 bits per heavy atom. The molecule has 92 valence electrons. The van der Waals surface area contributed by atoms with Gasteiger partial charge in [-0.3, -0.25) is 0 Å². The van der Waals surface area contributed by atoms with Crippen LogP contribution in [0.4, 0.5) is 10.2 Å². The number of halogens is 1. The van der Waals surface area contributed by atoms with Gasteiger partial charge in [-0.15, -0.1) is 0 Å². The van der Waals surface area contributed by atoms with Gasteiger partial charge in [0.05, 0.1) is 11.9 Å². The number of pyridine rings is 1. The quantitative estimate of drug-likeness (QED) is 0.634. The first-order chi connectivity index (χ1) is 8.78. The van der Waals surface area contributed by atoms with Gasteiger partial charge in [-0.1, -0.05) is 0 Å². The molecule has 0 bridgehead atoms. The Morgan fingerprint density at radius 1 is 1.28 bits per heavy atom. The summed E-state index contributed by atoms with van der Waals surface area (Å²) in [6.45, 7) is 0. The van der Waals surface area contributed by atoms with Gasteiger partial charge in [0.1, 0.15) is 17.3 Å². The molecule has 2 aromatic rings. The average molecular weight is 263 g/mol. The lowest BCUT2D eigenvalue weighted by atomic mass is 10.2. The fraction of sp³-hybridized carbons (Fsp3) is 0.182. The van der Waals surface area contributed by atoms with Crippen LogP contribution in [0.25, 0.3) is 11.5 Å². The van der Waals surface area contributed by atoms with E-state index >= 15 is 0 Å². The van der Waals surface area contributed by atoms with E-state index in [0.717, 1.165) is 29.0 Å². The number of nitrogens with one attached hydrogen (secondary N) is 1. The molecule has 3 rings (SSSR count). The van der Waals surface area contributed by atoms with Gasteiger partial charge in [-0.2, -0.15) is 11.8 Å². The highest BCUT2D eigenvalue weighted by Gasteiger charge is 2.20. The number of hydrogen-bond donors (Lipinski definition) is 2. The van der Waals surface area contributed by atoms with Crippen LogP contribution in [0.5, 0.6) is 0 Å². The third-order valence-electron chi connectivity index (χ3n) is 2.67. The van der Waals surface area contributed by atoms with Crippen molar-refractivity contribution in [2.45, 2.75) is 11.5 Å². The standard InChI is InChI=1S/C11H10FN5S/c12-6-1-2-8(14-3-6)11-15-9-5-18-4-7(9)10(16-11)17-13/h1-3H,4-5,13H2,(H,15,16,17). The lowest BCUT2D eigenvalue weighted by Gasteiger charge is -2.08. The van der Waals surface area contributed by atoms with Crippen LogP contribution in [0, 0.1) is 5.82 Å². The summed E-state index contributed by atoms with van der Waals surface area (Å²) in [4.78, 5) is 12.7. The molecule has 7 heteroatoms. The van der Waals surface area contributed by atoms with E-state index in [1.807, 2.05) is 0 Å². The molecule has 0 amide bonds. The van der Waals surface area contributed by atoms with Gasteiger partial charge in [-0.05, 0) is 12.1 Å². The maximum Gasteiger partial charge on any atom is 0.180 e. The first-order valence-corrected chi connectivity index (χ1v) is 6.49. The zero-order valence-electron chi connectivity index (χ0n) is 9.35. The fourth-order valence-electron chi connectivity index (χ4n) is 1.79. The predicted octanol–water partition coefficient (Wildman–Crippen LogP) is 1.71. The van der Waals surface area contributed by atoms with Crippen molar-refractivity contribution in [2.24, 2.45) is 5.84 Å². The van der Waals surface area contributed by atoms with Gasteiger partial charge in [0.15, 0.2) is 5.82 Å². The molecule has 0 spiro atoms. The van der Waals surface area contributed by atoms with Crippen LogP contribution < -0.4 is 11.3 Å². The van der Waals surface area contributed by atoms with Crippen molar-refractivity contribution in [3.8, 4) is 11.5 Å². The molecule has 0 saturated carbocycles. The minimum Gasteiger partial charge on any atom is -0.308 e. The summed E-state index contributed by atoms with van der Waals surface area (Å²) in [5.74, 6) is 7.85. The van der Waals surface area contributed by atoms with Crippen LogP contribution in [-0.4, -0.2) is 15.0 Å². The van der Waals surface area contributed by atoms with Crippen molar-refractivity contribution in [1.29, 1.82) is 0 Å². The highest BCUT2D eigenvalue weighted by molar-refractivity contribution is 7.98. The summed E-state index contributed by atoms with van der Waals surface area (Å²) < 4.78 is 12.8. The summed E-state index contributed by atoms with van der Waals surface area (Å²) in [5, 5.41) is 0. The number of rotatable bonds is 2. The van der Waals surface area contributed by atoms with E-state index in [1.165, 1.54) is 6.07 Å². The van der Waals surface area contributed by atoms with Crippen molar-refractivity contribution >= 4 is 17.6 Å². The smallest absolute Gasteiger partial charge is 0.180 e. The number of nitrogens with zero attached hydrogens (tertiary/aromatic N) is 3. The molecular formula is C11H10FN5S. The Labute approximate surface area is 107 Å². The van der Waals surface area contributed by atoms with Crippen LogP contribution in [0.15, 0.2) is 18.3 Å². The maximum atomic E-state index is 12.8. The zero-order valence-corrected chi connectivity index (χ0v) is 10.2. The minimum atomic E-state index is -0.382. The summed E-state index contributed by atoms with van der Waals surface area (Å²) >= 11 is 1.76. The number of fused-ring (bicyclic) bond motifs is 1. The topological polar surface area (TPSA) is 76.7 Å². The van der Waals surface area contributed by atoms with Crippen molar-refractivity contribution < 1.29 is 4.39 Å². The molecular weight excluding hydrogens is 253 g/mol. The predicted molar refractivity (Wildman–Crippen MR) is 68.0 cm³/mol. The van der Waals surface area contributed by atoms with E-state index in [-0.39, 0.29) is 5.82 Å². The molecule has 1 aliphatic rings. The molecule has 3 N–H and O–H groups in total. The second kappa shape index (κ2) is 4.51. The van der Waals surface area contributed by atoms with Crippen molar-refractivity contribution in [2.75, 3.05) is 5.43 Å². The second-order valence-electron chi connectivity index (χ2n) is 3.82. The fourth-order valence-corrected chi connectivity index (χ4v) is 2.83. The van der Waals surface area contributed by atoms with Gasteiger partial charge >= 0.3 is 0 Å². The SMILES string of the molecule is NNc1nc(-c2ccc(F)cn2)nc2c1CSC2. The summed E-state index contributed by atoms with van der Waals surface area (Å²) in [7, 11) is 0. The summed E-state index contributed by atoms with van der Waals surface area (Å²) in [5.41, 5.74) is 5.12. The third kappa shape index (κ3) is 1.91. The van der Waals surface area contributed by atoms with E-state index in [9.17, 15) is 4.39 Å². The van der Waals surface area contributed by atoms with Gasteiger partial charge in [0.2, 0.25) is 0 Å². The number of anilines is 1. The van der Waals surface area contributed by atoms with E-state index < -0.39 is 0 Å². The first-order valence-electron chi connectivity index (χ1n) is 5.34. The third-order valence-corrected chi connectivity index (χ3v) is 3.64. The van der Waals surface area contributed by atoms with Gasteiger partial charge in [0, 0.05) is 17.1 Å². The average Bonchev–Trinajstić information content (AvgIpc) is 2.86. The van der Waals surface area contributed by atoms with E-state index in [2.05, 4.69) is 20.4 Å². The van der Waals surface area contributed by atoms with Crippen LogP contribution in [-0.2, 0) is 11.5 Å². The van der Waals surface area contributed by atoms with Crippen LogP contribution >= 0.6 is 11.8 Å². The molecule has 2 aromatic heterocycles. The highest BCUT2D eigenvalue weighted by atomic mass is 32.2. The molecule has 0 saturated heterocycles. The number of thioether (sulfide) groups is 1. The summed E-state index contributed by atoms with van der Waals surface area (Å²) in [6, 6.07) is 2.89. The van der Waals surface area contributed by atoms with Crippen LogP contribution in [0.3, 0.4) is 0 Å². The van der Waals surface area contributed by atoms with Gasteiger partial charge in [-0.25, -0.2) is 25.2 Å².